The molecule has 0 aliphatic rings. The van der Waals surface area contributed by atoms with Crippen LogP contribution in [-0.2, 0) is 9.53 Å². The van der Waals surface area contributed by atoms with Gasteiger partial charge in [-0.1, -0.05) is 57.6 Å². The highest BCUT2D eigenvalue weighted by molar-refractivity contribution is 5.68. The molecule has 0 aromatic carbocycles. The first kappa shape index (κ1) is 21.2. The largest absolute Gasteiger partial charge is 0.469 e. The summed E-state index contributed by atoms with van der Waals surface area (Å²) in [4.78, 5) is 10.9. The first-order valence-corrected chi connectivity index (χ1v) is 9.10. The SMILES string of the molecule is CCCCC/C=C\CCC(O)CCCCCCCC(=O)OC. The average Bonchev–Trinajstić information content (AvgIpc) is 2.52. The van der Waals surface area contributed by atoms with Crippen molar-refractivity contribution in [1.82, 2.24) is 0 Å². The van der Waals surface area contributed by atoms with Crippen LogP contribution in [0.4, 0.5) is 0 Å². The quantitative estimate of drug-likeness (QED) is 0.258. The molecule has 0 heterocycles. The van der Waals surface area contributed by atoms with Crippen molar-refractivity contribution in [3.05, 3.63) is 12.2 Å². The summed E-state index contributed by atoms with van der Waals surface area (Å²) >= 11 is 0. The van der Waals surface area contributed by atoms with Crippen molar-refractivity contribution in [1.29, 1.82) is 0 Å². The Bertz CT molecular complexity index is 274. The number of aliphatic hydroxyl groups is 1. The maximum atomic E-state index is 10.9. The lowest BCUT2D eigenvalue weighted by atomic mass is 10.0. The Balaban J connectivity index is 3.28. The minimum atomic E-state index is -0.157. The van der Waals surface area contributed by atoms with E-state index in [-0.39, 0.29) is 12.1 Å². The standard InChI is InChI=1S/C19H36O3/c1-3-4-5-6-7-9-12-15-18(20)16-13-10-8-11-14-17-19(21)22-2/h7,9,18,20H,3-6,8,10-17H2,1-2H3/b9-7-. The Morgan fingerprint density at radius 1 is 0.955 bits per heavy atom. The van der Waals surface area contributed by atoms with Gasteiger partial charge in [0.2, 0.25) is 0 Å². The molecule has 3 nitrogen and oxygen atoms in total. The van der Waals surface area contributed by atoms with Crippen molar-refractivity contribution in [3.63, 3.8) is 0 Å². The molecule has 0 aliphatic heterocycles. The summed E-state index contributed by atoms with van der Waals surface area (Å²) in [5.74, 6) is -0.113. The zero-order valence-corrected chi connectivity index (χ0v) is 14.7. The van der Waals surface area contributed by atoms with Crippen LogP contribution in [0.15, 0.2) is 12.2 Å². The third-order valence-corrected chi connectivity index (χ3v) is 3.95. The zero-order chi connectivity index (χ0) is 16.5. The smallest absolute Gasteiger partial charge is 0.305 e. The molecule has 22 heavy (non-hydrogen) atoms. The van der Waals surface area contributed by atoms with Gasteiger partial charge in [-0.05, 0) is 38.5 Å². The minimum Gasteiger partial charge on any atom is -0.469 e. The fraction of sp³-hybridized carbons (Fsp3) is 0.842. The van der Waals surface area contributed by atoms with E-state index >= 15 is 0 Å². The number of esters is 1. The molecule has 0 radical (unpaired) electrons. The van der Waals surface area contributed by atoms with Crippen LogP contribution in [0.5, 0.6) is 0 Å². The van der Waals surface area contributed by atoms with Gasteiger partial charge in [-0.25, -0.2) is 0 Å². The Morgan fingerprint density at radius 2 is 1.64 bits per heavy atom. The molecular weight excluding hydrogens is 276 g/mol. The molecule has 0 saturated heterocycles. The third kappa shape index (κ3) is 15.6. The summed E-state index contributed by atoms with van der Waals surface area (Å²) in [6, 6.07) is 0. The van der Waals surface area contributed by atoms with Gasteiger partial charge in [0.05, 0.1) is 13.2 Å². The van der Waals surface area contributed by atoms with Crippen LogP contribution in [-0.4, -0.2) is 24.3 Å². The molecule has 1 N–H and O–H groups in total. The summed E-state index contributed by atoms with van der Waals surface area (Å²) in [5, 5.41) is 9.90. The van der Waals surface area contributed by atoms with Gasteiger partial charge in [-0.3, -0.25) is 4.79 Å². The number of ether oxygens (including phenoxy) is 1. The van der Waals surface area contributed by atoms with Crippen molar-refractivity contribution in [3.8, 4) is 0 Å². The predicted molar refractivity (Wildman–Crippen MR) is 92.9 cm³/mol. The number of hydrogen-bond acceptors (Lipinski definition) is 3. The van der Waals surface area contributed by atoms with Crippen LogP contribution in [0.2, 0.25) is 0 Å². The Hall–Kier alpha value is -0.830. The van der Waals surface area contributed by atoms with Gasteiger partial charge in [0, 0.05) is 6.42 Å². The van der Waals surface area contributed by atoms with Crippen LogP contribution >= 0.6 is 0 Å². The Kier molecular flexibility index (Phi) is 15.9. The monoisotopic (exact) mass is 312 g/mol. The molecule has 0 aromatic rings. The number of carbonyl (C=O) groups is 1. The van der Waals surface area contributed by atoms with Gasteiger partial charge in [-0.2, -0.15) is 0 Å². The maximum absolute atomic E-state index is 10.9. The topological polar surface area (TPSA) is 46.5 Å². The molecule has 0 fully saturated rings. The summed E-state index contributed by atoms with van der Waals surface area (Å²) < 4.78 is 4.61. The van der Waals surface area contributed by atoms with Gasteiger partial charge in [0.1, 0.15) is 0 Å². The summed E-state index contributed by atoms with van der Waals surface area (Å²) in [5.41, 5.74) is 0. The average molecular weight is 312 g/mol. The number of carbonyl (C=O) groups excluding carboxylic acids is 1. The molecule has 0 spiro atoms. The molecular formula is C19H36O3. The highest BCUT2D eigenvalue weighted by Gasteiger charge is 2.03. The second-order valence-corrected chi connectivity index (χ2v) is 6.08. The lowest BCUT2D eigenvalue weighted by Gasteiger charge is -2.08. The van der Waals surface area contributed by atoms with Crippen molar-refractivity contribution in [2.24, 2.45) is 0 Å². The first-order valence-electron chi connectivity index (χ1n) is 9.10. The summed E-state index contributed by atoms with van der Waals surface area (Å²) in [7, 11) is 1.43. The molecule has 130 valence electrons. The number of allylic oxidation sites excluding steroid dienone is 2. The third-order valence-electron chi connectivity index (χ3n) is 3.95. The van der Waals surface area contributed by atoms with E-state index in [4.69, 9.17) is 0 Å². The molecule has 0 aliphatic carbocycles. The lowest BCUT2D eigenvalue weighted by Crippen LogP contribution is -2.05. The Morgan fingerprint density at radius 3 is 2.36 bits per heavy atom. The van der Waals surface area contributed by atoms with Crippen LogP contribution in [0, 0.1) is 0 Å². The van der Waals surface area contributed by atoms with Crippen molar-refractivity contribution in [2.75, 3.05) is 7.11 Å². The van der Waals surface area contributed by atoms with E-state index in [1.54, 1.807) is 0 Å². The van der Waals surface area contributed by atoms with Crippen LogP contribution in [0.25, 0.3) is 0 Å². The van der Waals surface area contributed by atoms with Crippen LogP contribution in [0.1, 0.15) is 90.4 Å². The van der Waals surface area contributed by atoms with Crippen molar-refractivity contribution >= 4 is 5.97 Å². The fourth-order valence-corrected chi connectivity index (χ4v) is 2.46. The number of aliphatic hydroxyl groups excluding tert-OH is 1. The van der Waals surface area contributed by atoms with E-state index in [0.717, 1.165) is 51.4 Å². The van der Waals surface area contributed by atoms with Crippen molar-refractivity contribution in [2.45, 2.75) is 96.5 Å². The number of hydrogen-bond donors (Lipinski definition) is 1. The fourth-order valence-electron chi connectivity index (χ4n) is 2.46. The van der Waals surface area contributed by atoms with E-state index in [0.29, 0.717) is 6.42 Å². The number of methoxy groups -OCH3 is 1. The zero-order valence-electron chi connectivity index (χ0n) is 14.7. The van der Waals surface area contributed by atoms with Gasteiger partial charge < -0.3 is 9.84 Å². The first-order chi connectivity index (χ1) is 10.7. The molecule has 0 amide bonds. The second kappa shape index (κ2) is 16.5. The van der Waals surface area contributed by atoms with Gasteiger partial charge in [0.25, 0.3) is 0 Å². The van der Waals surface area contributed by atoms with Gasteiger partial charge >= 0.3 is 5.97 Å². The van der Waals surface area contributed by atoms with E-state index in [9.17, 15) is 9.90 Å². The van der Waals surface area contributed by atoms with E-state index < -0.39 is 0 Å². The lowest BCUT2D eigenvalue weighted by molar-refractivity contribution is -0.140. The minimum absolute atomic E-state index is 0.113. The molecule has 1 atom stereocenters. The molecule has 3 heteroatoms. The van der Waals surface area contributed by atoms with Gasteiger partial charge in [-0.15, -0.1) is 0 Å². The Labute approximate surface area is 137 Å². The molecule has 0 rings (SSSR count). The normalized spacial score (nSPS) is 12.7. The summed E-state index contributed by atoms with van der Waals surface area (Å²) in [6.07, 6.45) is 18.0. The number of rotatable bonds is 15. The van der Waals surface area contributed by atoms with Crippen LogP contribution < -0.4 is 0 Å². The highest BCUT2D eigenvalue weighted by Crippen LogP contribution is 2.12. The number of unbranched alkanes of at least 4 members (excludes halogenated alkanes) is 7. The second-order valence-electron chi connectivity index (χ2n) is 6.08. The molecule has 1 unspecified atom stereocenters. The molecule has 0 aromatic heterocycles. The van der Waals surface area contributed by atoms with E-state index in [2.05, 4.69) is 23.8 Å². The summed E-state index contributed by atoms with van der Waals surface area (Å²) in [6.45, 7) is 2.22. The van der Waals surface area contributed by atoms with E-state index in [1.807, 2.05) is 0 Å². The predicted octanol–water partition coefficient (Wildman–Crippen LogP) is 5.17. The van der Waals surface area contributed by atoms with Gasteiger partial charge in [0.15, 0.2) is 0 Å². The maximum Gasteiger partial charge on any atom is 0.305 e. The van der Waals surface area contributed by atoms with E-state index in [1.165, 1.54) is 32.8 Å². The van der Waals surface area contributed by atoms with Crippen LogP contribution in [0.3, 0.4) is 0 Å². The molecule has 0 saturated carbocycles. The molecule has 0 bridgehead atoms. The van der Waals surface area contributed by atoms with Crippen molar-refractivity contribution < 1.29 is 14.6 Å². The highest BCUT2D eigenvalue weighted by atomic mass is 16.5.